The molecule has 0 amide bonds. The summed E-state index contributed by atoms with van der Waals surface area (Å²) in [6.45, 7) is 1.81. The van der Waals surface area contributed by atoms with Gasteiger partial charge in [-0.05, 0) is 43.5 Å². The average molecular weight is 334 g/mol. The van der Waals surface area contributed by atoms with E-state index in [1.165, 1.54) is 12.1 Å². The summed E-state index contributed by atoms with van der Waals surface area (Å²) in [5, 5.41) is 9.82. The van der Waals surface area contributed by atoms with Crippen LogP contribution in [0.4, 0.5) is 0 Å². The Labute approximate surface area is 135 Å². The summed E-state index contributed by atoms with van der Waals surface area (Å²) in [5.74, 6) is 0.480. The molecule has 0 bridgehead atoms. The van der Waals surface area contributed by atoms with Gasteiger partial charge in [0.15, 0.2) is 11.5 Å². The molecule has 1 aliphatic rings. The van der Waals surface area contributed by atoms with Gasteiger partial charge < -0.3 is 9.84 Å². The molecular formula is C17H18O5S. The zero-order valence-electron chi connectivity index (χ0n) is 12.7. The van der Waals surface area contributed by atoms with Crippen molar-refractivity contribution >= 4 is 10.1 Å². The monoisotopic (exact) mass is 334 g/mol. The number of phenols is 1. The van der Waals surface area contributed by atoms with Crippen LogP contribution in [-0.2, 0) is 20.7 Å². The largest absolute Gasteiger partial charge is 0.504 e. The molecule has 6 heteroatoms. The molecule has 23 heavy (non-hydrogen) atoms. The molecule has 0 spiro atoms. The number of fused-ring (bicyclic) bond motifs is 1. The van der Waals surface area contributed by atoms with Gasteiger partial charge in [-0.3, -0.25) is 4.18 Å². The Kier molecular flexibility index (Phi) is 4.28. The van der Waals surface area contributed by atoms with E-state index < -0.39 is 16.2 Å². The third-order valence-corrected chi connectivity index (χ3v) is 5.11. The average Bonchev–Trinajstić information content (AvgIpc) is 2.54. The Morgan fingerprint density at radius 2 is 1.96 bits per heavy atom. The van der Waals surface area contributed by atoms with E-state index >= 15 is 0 Å². The Morgan fingerprint density at radius 1 is 1.22 bits per heavy atom. The van der Waals surface area contributed by atoms with Crippen LogP contribution < -0.4 is 4.74 Å². The van der Waals surface area contributed by atoms with Gasteiger partial charge in [-0.25, -0.2) is 0 Å². The van der Waals surface area contributed by atoms with Crippen molar-refractivity contribution in [3.63, 3.8) is 0 Å². The number of ether oxygens (including phenoxy) is 1. The molecule has 3 rings (SSSR count). The van der Waals surface area contributed by atoms with Gasteiger partial charge in [0.05, 0.1) is 4.90 Å². The van der Waals surface area contributed by atoms with Crippen LogP contribution in [0.25, 0.3) is 0 Å². The highest BCUT2D eigenvalue weighted by molar-refractivity contribution is 7.86. The number of phenolic OH excluding ortho intramolecular Hbond substituents is 1. The minimum Gasteiger partial charge on any atom is -0.504 e. The molecule has 1 aliphatic heterocycles. The van der Waals surface area contributed by atoms with E-state index in [4.69, 9.17) is 8.92 Å². The fourth-order valence-corrected chi connectivity index (χ4v) is 3.44. The lowest BCUT2D eigenvalue weighted by Gasteiger charge is -2.26. The van der Waals surface area contributed by atoms with E-state index in [0.717, 1.165) is 11.1 Å². The van der Waals surface area contributed by atoms with Gasteiger partial charge in [0.1, 0.15) is 12.7 Å². The molecule has 2 aromatic rings. The number of para-hydroxylation sites is 1. The molecule has 122 valence electrons. The SMILES string of the molecule is Cc1ccc(S(=O)(=O)OCC2CCc3cccc(O)c3O2)cc1. The van der Waals surface area contributed by atoms with Gasteiger partial charge in [0.2, 0.25) is 0 Å². The highest BCUT2D eigenvalue weighted by atomic mass is 32.2. The zero-order valence-corrected chi connectivity index (χ0v) is 13.5. The predicted molar refractivity (Wildman–Crippen MR) is 85.2 cm³/mol. The lowest BCUT2D eigenvalue weighted by Crippen LogP contribution is -2.29. The second-order valence-corrected chi connectivity index (χ2v) is 7.21. The summed E-state index contributed by atoms with van der Waals surface area (Å²) in [5.41, 5.74) is 1.90. The van der Waals surface area contributed by atoms with Crippen molar-refractivity contribution in [1.29, 1.82) is 0 Å². The van der Waals surface area contributed by atoms with Crippen LogP contribution in [0.1, 0.15) is 17.5 Å². The molecule has 0 fully saturated rings. The van der Waals surface area contributed by atoms with Crippen molar-refractivity contribution in [3.8, 4) is 11.5 Å². The summed E-state index contributed by atoms with van der Waals surface area (Å²) < 4.78 is 35.1. The molecule has 0 aromatic heterocycles. The van der Waals surface area contributed by atoms with E-state index in [1.807, 2.05) is 13.0 Å². The molecule has 0 saturated heterocycles. The van der Waals surface area contributed by atoms with Gasteiger partial charge >= 0.3 is 0 Å². The highest BCUT2D eigenvalue weighted by Crippen LogP contribution is 2.35. The summed E-state index contributed by atoms with van der Waals surface area (Å²) in [6.07, 6.45) is 0.943. The fourth-order valence-electron chi connectivity index (χ4n) is 2.50. The fraction of sp³-hybridized carbons (Fsp3) is 0.294. The lowest BCUT2D eigenvalue weighted by atomic mass is 10.0. The molecule has 0 radical (unpaired) electrons. The van der Waals surface area contributed by atoms with Crippen LogP contribution in [0.15, 0.2) is 47.4 Å². The zero-order chi connectivity index (χ0) is 16.4. The third kappa shape index (κ3) is 3.48. The number of hydrogen-bond acceptors (Lipinski definition) is 5. The van der Waals surface area contributed by atoms with Crippen LogP contribution in [0, 0.1) is 6.92 Å². The maximum atomic E-state index is 12.2. The van der Waals surface area contributed by atoms with Gasteiger partial charge in [-0.2, -0.15) is 8.42 Å². The topological polar surface area (TPSA) is 72.8 Å². The van der Waals surface area contributed by atoms with Crippen LogP contribution in [0.2, 0.25) is 0 Å². The van der Waals surface area contributed by atoms with Crippen LogP contribution >= 0.6 is 0 Å². The smallest absolute Gasteiger partial charge is 0.297 e. The van der Waals surface area contributed by atoms with Crippen molar-refractivity contribution in [2.45, 2.75) is 30.8 Å². The van der Waals surface area contributed by atoms with E-state index in [1.54, 1.807) is 24.3 Å². The summed E-state index contributed by atoms with van der Waals surface area (Å²) >= 11 is 0. The third-order valence-electron chi connectivity index (χ3n) is 3.81. The molecule has 1 heterocycles. The summed E-state index contributed by atoms with van der Waals surface area (Å²) in [6, 6.07) is 11.7. The Hall–Kier alpha value is -2.05. The van der Waals surface area contributed by atoms with Crippen molar-refractivity contribution in [1.82, 2.24) is 0 Å². The van der Waals surface area contributed by atoms with E-state index in [0.29, 0.717) is 18.6 Å². The summed E-state index contributed by atoms with van der Waals surface area (Å²) in [4.78, 5) is 0.127. The first-order chi connectivity index (χ1) is 11.0. The van der Waals surface area contributed by atoms with Gasteiger partial charge in [0.25, 0.3) is 10.1 Å². The molecule has 0 saturated carbocycles. The number of benzene rings is 2. The van der Waals surface area contributed by atoms with Crippen LogP contribution in [0.5, 0.6) is 11.5 Å². The maximum Gasteiger partial charge on any atom is 0.297 e. The number of aromatic hydroxyl groups is 1. The first kappa shape index (κ1) is 15.8. The van der Waals surface area contributed by atoms with E-state index in [2.05, 4.69) is 0 Å². The molecule has 1 atom stereocenters. The molecule has 5 nitrogen and oxygen atoms in total. The number of aryl methyl sites for hydroxylation is 2. The molecular weight excluding hydrogens is 316 g/mol. The van der Waals surface area contributed by atoms with Crippen LogP contribution in [-0.4, -0.2) is 26.2 Å². The van der Waals surface area contributed by atoms with E-state index in [-0.39, 0.29) is 17.3 Å². The standard InChI is InChI=1S/C17H18O5S/c1-12-5-9-15(10-6-12)23(19,20)21-11-14-8-7-13-3-2-4-16(18)17(13)22-14/h2-6,9-10,14,18H,7-8,11H2,1H3. The minimum absolute atomic E-state index is 0.0635. The maximum absolute atomic E-state index is 12.2. The molecule has 2 aromatic carbocycles. The van der Waals surface area contributed by atoms with Crippen molar-refractivity contribution < 1.29 is 22.4 Å². The van der Waals surface area contributed by atoms with Gasteiger partial charge in [0, 0.05) is 0 Å². The number of hydrogen-bond donors (Lipinski definition) is 1. The van der Waals surface area contributed by atoms with E-state index in [9.17, 15) is 13.5 Å². The Balaban J connectivity index is 1.67. The van der Waals surface area contributed by atoms with Gasteiger partial charge in [-0.1, -0.05) is 29.8 Å². The first-order valence-corrected chi connectivity index (χ1v) is 8.80. The molecule has 1 N–H and O–H groups in total. The minimum atomic E-state index is -3.81. The molecule has 1 unspecified atom stereocenters. The number of rotatable bonds is 4. The first-order valence-electron chi connectivity index (χ1n) is 7.39. The quantitative estimate of drug-likeness (QED) is 0.871. The molecule has 0 aliphatic carbocycles. The second-order valence-electron chi connectivity index (χ2n) is 5.60. The highest BCUT2D eigenvalue weighted by Gasteiger charge is 2.25. The normalized spacial score (nSPS) is 17.3. The second kappa shape index (κ2) is 6.22. The van der Waals surface area contributed by atoms with Crippen molar-refractivity contribution in [3.05, 3.63) is 53.6 Å². The van der Waals surface area contributed by atoms with Gasteiger partial charge in [-0.15, -0.1) is 0 Å². The Morgan fingerprint density at radius 3 is 2.70 bits per heavy atom. The van der Waals surface area contributed by atoms with Crippen molar-refractivity contribution in [2.75, 3.05) is 6.61 Å². The predicted octanol–water partition coefficient (Wildman–Crippen LogP) is 2.80. The lowest BCUT2D eigenvalue weighted by molar-refractivity contribution is 0.109. The summed E-state index contributed by atoms with van der Waals surface area (Å²) in [7, 11) is -3.81. The van der Waals surface area contributed by atoms with Crippen molar-refractivity contribution in [2.24, 2.45) is 0 Å². The van der Waals surface area contributed by atoms with Crippen LogP contribution in [0.3, 0.4) is 0 Å². The Bertz CT molecular complexity index is 796.